The number of benzene rings is 1. The third-order valence-corrected chi connectivity index (χ3v) is 2.74. The van der Waals surface area contributed by atoms with E-state index < -0.39 is 0 Å². The van der Waals surface area contributed by atoms with Crippen LogP contribution >= 0.6 is 0 Å². The van der Waals surface area contributed by atoms with Crippen molar-refractivity contribution in [3.05, 3.63) is 48.0 Å². The maximum atomic E-state index is 4.37. The lowest BCUT2D eigenvalue weighted by molar-refractivity contribution is 0.531. The van der Waals surface area contributed by atoms with Gasteiger partial charge in [-0.25, -0.2) is 9.67 Å². The Balaban J connectivity index is 2.36. The zero-order chi connectivity index (χ0) is 12.1. The van der Waals surface area contributed by atoms with E-state index in [1.54, 1.807) is 6.33 Å². The molecule has 1 aromatic carbocycles. The van der Waals surface area contributed by atoms with Crippen LogP contribution < -0.4 is 5.32 Å². The fourth-order valence-electron chi connectivity index (χ4n) is 1.95. The molecular formula is C13H18N4. The number of nitrogens with zero attached hydrogens (tertiary/aromatic N) is 3. The molecule has 0 spiro atoms. The summed E-state index contributed by atoms with van der Waals surface area (Å²) in [7, 11) is 0. The van der Waals surface area contributed by atoms with Gasteiger partial charge in [-0.3, -0.25) is 0 Å². The zero-order valence-corrected chi connectivity index (χ0v) is 10.3. The van der Waals surface area contributed by atoms with Gasteiger partial charge in [-0.15, -0.1) is 0 Å². The predicted molar refractivity (Wildman–Crippen MR) is 67.7 cm³/mol. The Bertz CT molecular complexity index is 449. The Morgan fingerprint density at radius 2 is 2.00 bits per heavy atom. The van der Waals surface area contributed by atoms with Crippen LogP contribution in [0.4, 0.5) is 0 Å². The highest BCUT2D eigenvalue weighted by Crippen LogP contribution is 2.19. The Labute approximate surface area is 102 Å². The highest BCUT2D eigenvalue weighted by Gasteiger charge is 2.17. The highest BCUT2D eigenvalue weighted by molar-refractivity contribution is 5.24. The molecule has 4 heteroatoms. The summed E-state index contributed by atoms with van der Waals surface area (Å²) in [5.74, 6) is 0.973. The van der Waals surface area contributed by atoms with Crippen molar-refractivity contribution >= 4 is 0 Å². The van der Waals surface area contributed by atoms with Gasteiger partial charge in [-0.05, 0) is 19.0 Å². The molecule has 0 fully saturated rings. The summed E-state index contributed by atoms with van der Waals surface area (Å²) >= 11 is 0. The number of rotatable bonds is 5. The van der Waals surface area contributed by atoms with Crippen molar-refractivity contribution in [3.63, 3.8) is 0 Å². The summed E-state index contributed by atoms with van der Waals surface area (Å²) < 4.78 is 1.93. The maximum Gasteiger partial charge on any atom is 0.148 e. The van der Waals surface area contributed by atoms with Crippen LogP contribution in [0.3, 0.4) is 0 Å². The lowest BCUT2D eigenvalue weighted by atomic mass is 10.1. The van der Waals surface area contributed by atoms with Crippen LogP contribution in [0.15, 0.2) is 36.7 Å². The Hall–Kier alpha value is -1.68. The summed E-state index contributed by atoms with van der Waals surface area (Å²) in [5.41, 5.74) is 1.22. The van der Waals surface area contributed by atoms with E-state index >= 15 is 0 Å². The number of hydrogen-bond acceptors (Lipinski definition) is 3. The molecule has 4 nitrogen and oxygen atoms in total. The second-order valence-electron chi connectivity index (χ2n) is 3.84. The summed E-state index contributed by atoms with van der Waals surface area (Å²) in [4.78, 5) is 4.37. The SMILES string of the molecule is CCNC(c1ccccc1)c1ncnn1CC. The van der Waals surface area contributed by atoms with Gasteiger partial charge in [0, 0.05) is 6.54 Å². The molecule has 1 atom stereocenters. The minimum absolute atomic E-state index is 0.114. The molecule has 0 saturated carbocycles. The van der Waals surface area contributed by atoms with Crippen molar-refractivity contribution in [1.82, 2.24) is 20.1 Å². The molecule has 0 bridgehead atoms. The summed E-state index contributed by atoms with van der Waals surface area (Å²) in [6, 6.07) is 10.5. The van der Waals surface area contributed by atoms with Gasteiger partial charge in [0.25, 0.3) is 0 Å². The summed E-state index contributed by atoms with van der Waals surface area (Å²) in [5, 5.41) is 7.68. The van der Waals surface area contributed by atoms with E-state index in [9.17, 15) is 0 Å². The molecule has 1 aromatic heterocycles. The smallest absolute Gasteiger partial charge is 0.148 e. The molecule has 0 radical (unpaired) electrons. The van der Waals surface area contributed by atoms with Crippen molar-refractivity contribution < 1.29 is 0 Å². The second kappa shape index (κ2) is 5.59. The number of nitrogens with one attached hydrogen (secondary N) is 1. The molecule has 2 rings (SSSR count). The van der Waals surface area contributed by atoms with Gasteiger partial charge in [-0.2, -0.15) is 5.10 Å². The van der Waals surface area contributed by atoms with Crippen molar-refractivity contribution in [2.75, 3.05) is 6.54 Å². The minimum Gasteiger partial charge on any atom is -0.304 e. The first-order valence-electron chi connectivity index (χ1n) is 6.02. The first kappa shape index (κ1) is 11.8. The minimum atomic E-state index is 0.114. The van der Waals surface area contributed by atoms with Crippen LogP contribution in [0.1, 0.15) is 31.3 Å². The van der Waals surface area contributed by atoms with Crippen molar-refractivity contribution in [2.24, 2.45) is 0 Å². The van der Waals surface area contributed by atoms with Gasteiger partial charge < -0.3 is 5.32 Å². The first-order chi connectivity index (χ1) is 8.36. The van der Waals surface area contributed by atoms with E-state index in [4.69, 9.17) is 0 Å². The molecule has 0 aliphatic rings. The topological polar surface area (TPSA) is 42.7 Å². The average Bonchev–Trinajstić information content (AvgIpc) is 2.85. The normalized spacial score (nSPS) is 12.6. The fourth-order valence-corrected chi connectivity index (χ4v) is 1.95. The Morgan fingerprint density at radius 1 is 1.24 bits per heavy atom. The number of aromatic nitrogens is 3. The van der Waals surface area contributed by atoms with Crippen molar-refractivity contribution in [3.8, 4) is 0 Å². The van der Waals surface area contributed by atoms with Gasteiger partial charge in [0.1, 0.15) is 12.2 Å². The second-order valence-corrected chi connectivity index (χ2v) is 3.84. The van der Waals surface area contributed by atoms with Gasteiger partial charge in [0.2, 0.25) is 0 Å². The molecule has 0 aliphatic heterocycles. The molecule has 17 heavy (non-hydrogen) atoms. The van der Waals surface area contributed by atoms with Crippen LogP contribution in [0.25, 0.3) is 0 Å². The number of aryl methyl sites for hydroxylation is 1. The first-order valence-corrected chi connectivity index (χ1v) is 6.02. The van der Waals surface area contributed by atoms with E-state index in [2.05, 4.69) is 41.4 Å². The molecule has 0 amide bonds. The quantitative estimate of drug-likeness (QED) is 0.854. The lowest BCUT2D eigenvalue weighted by Gasteiger charge is -2.18. The Kier molecular flexibility index (Phi) is 3.88. The van der Waals surface area contributed by atoms with Crippen LogP contribution in [-0.2, 0) is 6.54 Å². The standard InChI is InChI=1S/C13H18N4/c1-3-14-12(11-8-6-5-7-9-11)13-15-10-16-17(13)4-2/h5-10,12,14H,3-4H2,1-2H3. The molecule has 1 heterocycles. The van der Waals surface area contributed by atoms with Crippen molar-refractivity contribution in [2.45, 2.75) is 26.4 Å². The maximum absolute atomic E-state index is 4.37. The molecule has 90 valence electrons. The third-order valence-electron chi connectivity index (χ3n) is 2.74. The predicted octanol–water partition coefficient (Wildman–Crippen LogP) is 2.00. The van der Waals surface area contributed by atoms with Gasteiger partial charge >= 0.3 is 0 Å². The molecule has 2 aromatic rings. The molecule has 0 saturated heterocycles. The zero-order valence-electron chi connectivity index (χ0n) is 10.3. The van der Waals surface area contributed by atoms with Crippen molar-refractivity contribution in [1.29, 1.82) is 0 Å². The van der Waals surface area contributed by atoms with E-state index in [1.807, 2.05) is 22.9 Å². The molecule has 1 N–H and O–H groups in total. The molecular weight excluding hydrogens is 212 g/mol. The van der Waals surface area contributed by atoms with Crippen LogP contribution in [0.5, 0.6) is 0 Å². The van der Waals surface area contributed by atoms with Crippen LogP contribution in [0.2, 0.25) is 0 Å². The number of hydrogen-bond donors (Lipinski definition) is 1. The molecule has 1 unspecified atom stereocenters. The van der Waals surface area contributed by atoms with Gasteiger partial charge in [-0.1, -0.05) is 37.3 Å². The highest BCUT2D eigenvalue weighted by atomic mass is 15.3. The Morgan fingerprint density at radius 3 is 2.65 bits per heavy atom. The lowest BCUT2D eigenvalue weighted by Crippen LogP contribution is -2.25. The van der Waals surface area contributed by atoms with Crippen LogP contribution in [0, 0.1) is 0 Å². The largest absolute Gasteiger partial charge is 0.304 e. The average molecular weight is 230 g/mol. The van der Waals surface area contributed by atoms with E-state index in [0.29, 0.717) is 0 Å². The van der Waals surface area contributed by atoms with E-state index in [0.717, 1.165) is 18.9 Å². The summed E-state index contributed by atoms with van der Waals surface area (Å²) in [6.07, 6.45) is 1.62. The van der Waals surface area contributed by atoms with Gasteiger partial charge in [0.15, 0.2) is 0 Å². The monoisotopic (exact) mass is 230 g/mol. The van der Waals surface area contributed by atoms with E-state index in [-0.39, 0.29) is 6.04 Å². The third kappa shape index (κ3) is 2.53. The van der Waals surface area contributed by atoms with E-state index in [1.165, 1.54) is 5.56 Å². The van der Waals surface area contributed by atoms with Gasteiger partial charge in [0.05, 0.1) is 6.04 Å². The fraction of sp³-hybridized carbons (Fsp3) is 0.385. The summed E-state index contributed by atoms with van der Waals surface area (Å²) in [6.45, 7) is 5.91. The van der Waals surface area contributed by atoms with Crippen LogP contribution in [-0.4, -0.2) is 21.3 Å². The molecule has 0 aliphatic carbocycles.